The molecule has 0 spiro atoms. The fourth-order valence-electron chi connectivity index (χ4n) is 1.25. The molecule has 0 radical (unpaired) electrons. The summed E-state index contributed by atoms with van der Waals surface area (Å²) in [5.41, 5.74) is 7.78. The summed E-state index contributed by atoms with van der Waals surface area (Å²) < 4.78 is 0. The summed E-state index contributed by atoms with van der Waals surface area (Å²) in [5.74, 6) is 0. The Hall–Kier alpha value is -1.95. The van der Waals surface area contributed by atoms with E-state index >= 15 is 0 Å². The van der Waals surface area contributed by atoms with E-state index in [1.165, 1.54) is 0 Å². The summed E-state index contributed by atoms with van der Waals surface area (Å²) in [6, 6.07) is 7.47. The molecule has 3 N–H and O–H groups in total. The van der Waals surface area contributed by atoms with Crippen LogP contribution < -0.4 is 5.73 Å². The summed E-state index contributed by atoms with van der Waals surface area (Å²) >= 11 is 0. The highest BCUT2D eigenvalue weighted by atomic mass is 14.7. The predicted molar refractivity (Wildman–Crippen MR) is 47.4 cm³/mol. The van der Waals surface area contributed by atoms with Gasteiger partial charge in [-0.1, -0.05) is 0 Å². The van der Waals surface area contributed by atoms with Gasteiger partial charge in [-0.15, -0.1) is 0 Å². The zero-order chi connectivity index (χ0) is 8.55. The van der Waals surface area contributed by atoms with Crippen LogP contribution in [0.2, 0.25) is 0 Å². The molecule has 0 saturated carbocycles. The van der Waals surface area contributed by atoms with Gasteiger partial charge in [-0.2, -0.15) is 5.26 Å². The number of fused-ring (bicyclic) bond motifs is 1. The smallest absolute Gasteiger partial charge is 0.101 e. The Bertz CT molecular complexity index is 462. The maximum atomic E-state index is 8.68. The van der Waals surface area contributed by atoms with E-state index in [1.807, 2.05) is 24.4 Å². The first kappa shape index (κ1) is 6.74. The molecule has 3 nitrogen and oxygen atoms in total. The molecule has 0 atom stereocenters. The monoisotopic (exact) mass is 157 g/mol. The molecule has 2 aromatic rings. The number of nitrogen functional groups attached to an aromatic ring is 1. The number of nitrogens with two attached hydrogens (primary N) is 1. The molecule has 0 aliphatic rings. The van der Waals surface area contributed by atoms with Gasteiger partial charge in [-0.25, -0.2) is 0 Å². The van der Waals surface area contributed by atoms with Crippen molar-refractivity contribution in [1.82, 2.24) is 4.98 Å². The molecule has 0 aliphatic heterocycles. The molecule has 0 amide bonds. The maximum Gasteiger partial charge on any atom is 0.101 e. The maximum absolute atomic E-state index is 8.68. The van der Waals surface area contributed by atoms with Crippen molar-refractivity contribution >= 4 is 16.6 Å². The number of rotatable bonds is 0. The predicted octanol–water partition coefficient (Wildman–Crippen LogP) is 1.62. The fraction of sp³-hybridized carbons (Fsp3) is 0. The molecule has 58 valence electrons. The molecule has 1 heterocycles. The number of anilines is 1. The lowest BCUT2D eigenvalue weighted by atomic mass is 10.1. The number of nitrogens with zero attached hydrogens (tertiary/aromatic N) is 1. The molecular formula is C9H7N3. The van der Waals surface area contributed by atoms with Gasteiger partial charge in [0.2, 0.25) is 0 Å². The van der Waals surface area contributed by atoms with E-state index in [0.29, 0.717) is 11.3 Å². The highest BCUT2D eigenvalue weighted by Crippen LogP contribution is 2.22. The van der Waals surface area contributed by atoms with Gasteiger partial charge in [0.25, 0.3) is 0 Å². The Labute approximate surface area is 69.4 Å². The van der Waals surface area contributed by atoms with Crippen LogP contribution in [0.1, 0.15) is 5.56 Å². The highest BCUT2D eigenvalue weighted by molar-refractivity contribution is 5.93. The van der Waals surface area contributed by atoms with Crippen LogP contribution in [-0.4, -0.2) is 4.98 Å². The van der Waals surface area contributed by atoms with E-state index in [2.05, 4.69) is 4.98 Å². The Morgan fingerprint density at radius 3 is 2.92 bits per heavy atom. The minimum absolute atomic E-state index is 0.530. The Kier molecular flexibility index (Phi) is 1.28. The van der Waals surface area contributed by atoms with E-state index in [-0.39, 0.29) is 0 Å². The number of aromatic amines is 1. The van der Waals surface area contributed by atoms with Crippen LogP contribution in [0.4, 0.5) is 5.69 Å². The van der Waals surface area contributed by atoms with Crippen molar-refractivity contribution in [3.05, 3.63) is 30.0 Å². The van der Waals surface area contributed by atoms with Gasteiger partial charge in [0.05, 0.1) is 11.3 Å². The van der Waals surface area contributed by atoms with Crippen LogP contribution in [0.25, 0.3) is 10.9 Å². The van der Waals surface area contributed by atoms with Crippen LogP contribution >= 0.6 is 0 Å². The standard InChI is InChI=1S/C9H7N3/c10-5-6-1-2-8-7(9(6)11)3-4-12-8/h1-4,12H,11H2. The van der Waals surface area contributed by atoms with Crippen molar-refractivity contribution in [3.63, 3.8) is 0 Å². The lowest BCUT2D eigenvalue weighted by Gasteiger charge is -1.97. The van der Waals surface area contributed by atoms with Crippen LogP contribution in [0.3, 0.4) is 0 Å². The van der Waals surface area contributed by atoms with Gasteiger partial charge in [0.15, 0.2) is 0 Å². The van der Waals surface area contributed by atoms with Gasteiger partial charge in [0.1, 0.15) is 6.07 Å². The minimum atomic E-state index is 0.530. The number of hydrogen-bond donors (Lipinski definition) is 2. The minimum Gasteiger partial charge on any atom is -0.397 e. The Morgan fingerprint density at radius 1 is 1.33 bits per heavy atom. The first-order valence-corrected chi connectivity index (χ1v) is 3.58. The lowest BCUT2D eigenvalue weighted by Crippen LogP contribution is -1.89. The molecular weight excluding hydrogens is 150 g/mol. The van der Waals surface area contributed by atoms with E-state index in [0.717, 1.165) is 10.9 Å². The summed E-state index contributed by atoms with van der Waals surface area (Å²) in [7, 11) is 0. The zero-order valence-electron chi connectivity index (χ0n) is 6.33. The normalized spacial score (nSPS) is 9.92. The average Bonchev–Trinajstić information content (AvgIpc) is 2.53. The second-order valence-corrected chi connectivity index (χ2v) is 2.58. The summed E-state index contributed by atoms with van der Waals surface area (Å²) in [4.78, 5) is 3.02. The van der Waals surface area contributed by atoms with Crippen LogP contribution in [0.5, 0.6) is 0 Å². The summed E-state index contributed by atoms with van der Waals surface area (Å²) in [6.07, 6.45) is 1.81. The van der Waals surface area contributed by atoms with Crippen LogP contribution in [-0.2, 0) is 0 Å². The van der Waals surface area contributed by atoms with E-state index < -0.39 is 0 Å². The molecule has 0 bridgehead atoms. The number of aromatic nitrogens is 1. The third kappa shape index (κ3) is 0.753. The van der Waals surface area contributed by atoms with Gasteiger partial charge in [0, 0.05) is 17.1 Å². The average molecular weight is 157 g/mol. The first-order chi connectivity index (χ1) is 5.83. The van der Waals surface area contributed by atoms with Crippen LogP contribution in [0, 0.1) is 11.3 Å². The number of H-pyrrole nitrogens is 1. The molecule has 1 aromatic heterocycles. The molecule has 0 aliphatic carbocycles. The SMILES string of the molecule is N#Cc1ccc2[nH]ccc2c1N. The fourth-order valence-corrected chi connectivity index (χ4v) is 1.25. The van der Waals surface area contributed by atoms with Gasteiger partial charge < -0.3 is 10.7 Å². The molecule has 2 rings (SSSR count). The second-order valence-electron chi connectivity index (χ2n) is 2.58. The Balaban J connectivity index is 2.89. The largest absolute Gasteiger partial charge is 0.397 e. The number of nitrogens with one attached hydrogen (secondary N) is 1. The number of hydrogen-bond acceptors (Lipinski definition) is 2. The van der Waals surface area contributed by atoms with Crippen molar-refractivity contribution in [3.8, 4) is 6.07 Å². The molecule has 12 heavy (non-hydrogen) atoms. The summed E-state index contributed by atoms with van der Waals surface area (Å²) in [6.45, 7) is 0. The third-order valence-corrected chi connectivity index (χ3v) is 1.90. The van der Waals surface area contributed by atoms with Crippen LogP contribution in [0.15, 0.2) is 24.4 Å². The topological polar surface area (TPSA) is 65.6 Å². The molecule has 0 saturated heterocycles. The van der Waals surface area contributed by atoms with Gasteiger partial charge >= 0.3 is 0 Å². The third-order valence-electron chi connectivity index (χ3n) is 1.90. The zero-order valence-corrected chi connectivity index (χ0v) is 6.33. The van der Waals surface area contributed by atoms with Crippen molar-refractivity contribution < 1.29 is 0 Å². The van der Waals surface area contributed by atoms with Crippen molar-refractivity contribution in [2.75, 3.05) is 5.73 Å². The van der Waals surface area contributed by atoms with Crippen molar-refractivity contribution in [1.29, 1.82) is 5.26 Å². The molecule has 0 unspecified atom stereocenters. The lowest BCUT2D eigenvalue weighted by molar-refractivity contribution is 1.47. The molecule has 3 heteroatoms. The second kappa shape index (κ2) is 2.28. The van der Waals surface area contributed by atoms with Crippen molar-refractivity contribution in [2.24, 2.45) is 0 Å². The van der Waals surface area contributed by atoms with E-state index in [1.54, 1.807) is 6.07 Å². The summed E-state index contributed by atoms with van der Waals surface area (Å²) in [5, 5.41) is 9.59. The van der Waals surface area contributed by atoms with Crippen molar-refractivity contribution in [2.45, 2.75) is 0 Å². The van der Waals surface area contributed by atoms with Gasteiger partial charge in [-0.05, 0) is 18.2 Å². The van der Waals surface area contributed by atoms with E-state index in [4.69, 9.17) is 11.0 Å². The number of benzene rings is 1. The van der Waals surface area contributed by atoms with Gasteiger partial charge in [-0.3, -0.25) is 0 Å². The molecule has 1 aromatic carbocycles. The Morgan fingerprint density at radius 2 is 2.17 bits per heavy atom. The highest BCUT2D eigenvalue weighted by Gasteiger charge is 2.02. The van der Waals surface area contributed by atoms with E-state index in [9.17, 15) is 0 Å². The quantitative estimate of drug-likeness (QED) is 0.570. The number of nitriles is 1. The molecule has 0 fully saturated rings. The first-order valence-electron chi connectivity index (χ1n) is 3.58.